The van der Waals surface area contributed by atoms with E-state index in [1.807, 2.05) is 43.3 Å². The SMILES string of the molecule is COC(=O)/C=C/C(C)C(O[Si](C)(C)C(C)(C)C)C(C)/C=C(\C)C[C@H](C)[C@@H](O[Si](C)(C)C(C)(C)C)[C@H](C)[C@@H](OC(N)=O)[C@@H](C)COCc1ccccc1. The molecule has 0 aliphatic carbocycles. The van der Waals surface area contributed by atoms with Gasteiger partial charge in [-0.3, -0.25) is 0 Å². The number of carbonyl (C=O) groups excluding carboxylic acids is 2. The van der Waals surface area contributed by atoms with Gasteiger partial charge < -0.3 is 28.8 Å². The third-order valence-corrected chi connectivity index (χ3v) is 20.3. The van der Waals surface area contributed by atoms with E-state index in [2.05, 4.69) is 108 Å². The third-order valence-electron chi connectivity index (χ3n) is 11.3. The van der Waals surface area contributed by atoms with Gasteiger partial charge in [-0.2, -0.15) is 0 Å². The predicted molar refractivity (Wildman–Crippen MR) is 220 cm³/mol. The monoisotopic (exact) mass is 762 g/mol. The second kappa shape index (κ2) is 20.4. The molecular formula is C42H75NO7Si2. The van der Waals surface area contributed by atoms with Crippen LogP contribution < -0.4 is 5.73 Å². The molecule has 298 valence electrons. The molecule has 0 spiro atoms. The molecule has 0 radical (unpaired) electrons. The fourth-order valence-corrected chi connectivity index (χ4v) is 9.15. The van der Waals surface area contributed by atoms with Gasteiger partial charge >= 0.3 is 12.1 Å². The fourth-order valence-electron chi connectivity index (χ4n) is 6.21. The highest BCUT2D eigenvalue weighted by molar-refractivity contribution is 6.74. The molecule has 8 atom stereocenters. The summed E-state index contributed by atoms with van der Waals surface area (Å²) in [7, 11) is -3.00. The number of primary amides is 1. The van der Waals surface area contributed by atoms with E-state index in [0.29, 0.717) is 13.2 Å². The molecule has 0 bridgehead atoms. The summed E-state index contributed by atoms with van der Waals surface area (Å²) in [4.78, 5) is 24.3. The summed E-state index contributed by atoms with van der Waals surface area (Å²) < 4.78 is 31.2. The second-order valence-electron chi connectivity index (χ2n) is 18.2. The van der Waals surface area contributed by atoms with Crippen LogP contribution in [0.4, 0.5) is 4.79 Å². The van der Waals surface area contributed by atoms with Crippen molar-refractivity contribution in [1.29, 1.82) is 0 Å². The number of carbonyl (C=O) groups is 2. The van der Waals surface area contributed by atoms with Crippen LogP contribution in [0.5, 0.6) is 0 Å². The molecule has 10 heteroatoms. The zero-order valence-electron chi connectivity index (χ0n) is 35.8. The van der Waals surface area contributed by atoms with Crippen molar-refractivity contribution < 1.29 is 32.7 Å². The summed E-state index contributed by atoms with van der Waals surface area (Å²) in [6.07, 6.45) is 4.88. The van der Waals surface area contributed by atoms with Crippen LogP contribution >= 0.6 is 0 Å². The van der Waals surface area contributed by atoms with Gasteiger partial charge in [0.05, 0.1) is 32.5 Å². The number of hydrogen-bond acceptors (Lipinski definition) is 7. The average Bonchev–Trinajstić information content (AvgIpc) is 3.02. The van der Waals surface area contributed by atoms with Crippen molar-refractivity contribution in [2.45, 2.75) is 151 Å². The molecule has 1 aromatic rings. The van der Waals surface area contributed by atoms with Crippen LogP contribution in [-0.2, 0) is 34.5 Å². The van der Waals surface area contributed by atoms with Crippen LogP contribution in [0.2, 0.25) is 36.3 Å². The zero-order valence-corrected chi connectivity index (χ0v) is 37.8. The van der Waals surface area contributed by atoms with Gasteiger partial charge in [-0.25, -0.2) is 9.59 Å². The number of amides is 1. The van der Waals surface area contributed by atoms with Crippen LogP contribution in [-0.4, -0.2) is 60.7 Å². The van der Waals surface area contributed by atoms with Crippen molar-refractivity contribution >= 4 is 28.7 Å². The number of methoxy groups -OCH3 is 1. The van der Waals surface area contributed by atoms with E-state index >= 15 is 0 Å². The number of esters is 1. The van der Waals surface area contributed by atoms with E-state index in [4.69, 9.17) is 28.8 Å². The van der Waals surface area contributed by atoms with Crippen molar-refractivity contribution in [3.8, 4) is 0 Å². The lowest BCUT2D eigenvalue weighted by Crippen LogP contribution is -2.51. The van der Waals surface area contributed by atoms with Gasteiger partial charge in [0, 0.05) is 23.8 Å². The lowest BCUT2D eigenvalue weighted by Gasteiger charge is -2.45. The molecule has 1 rings (SSSR count). The molecule has 0 aliphatic heterocycles. The first kappa shape index (κ1) is 47.8. The number of rotatable bonds is 20. The van der Waals surface area contributed by atoms with Crippen LogP contribution in [0.1, 0.15) is 95.1 Å². The van der Waals surface area contributed by atoms with E-state index in [-0.39, 0.29) is 57.8 Å². The van der Waals surface area contributed by atoms with Crippen LogP contribution in [0, 0.1) is 29.6 Å². The Kier molecular flexibility index (Phi) is 18.8. The van der Waals surface area contributed by atoms with E-state index < -0.39 is 28.8 Å². The number of allylic oxidation sites excluding steroid dienone is 1. The largest absolute Gasteiger partial charge is 0.466 e. The summed E-state index contributed by atoms with van der Waals surface area (Å²) in [5.74, 6) is -0.493. The summed E-state index contributed by atoms with van der Waals surface area (Å²) in [5, 5.41) is 0.0123. The Bertz CT molecular complexity index is 1300. The first-order valence-corrected chi connectivity index (χ1v) is 24.9. The Balaban J connectivity index is 3.47. The number of nitrogens with two attached hydrogens (primary N) is 1. The lowest BCUT2D eigenvalue weighted by molar-refractivity contribution is -0.134. The topological polar surface area (TPSA) is 106 Å². The normalized spacial score (nSPS) is 18.2. The zero-order chi connectivity index (χ0) is 40.2. The highest BCUT2D eigenvalue weighted by atomic mass is 28.4. The minimum Gasteiger partial charge on any atom is -0.466 e. The molecule has 0 aromatic heterocycles. The van der Waals surface area contributed by atoms with Gasteiger partial charge in [-0.15, -0.1) is 0 Å². The molecule has 2 N–H and O–H groups in total. The minimum absolute atomic E-state index is 0.0170. The van der Waals surface area contributed by atoms with Crippen molar-refractivity contribution in [2.75, 3.05) is 13.7 Å². The first-order chi connectivity index (χ1) is 23.7. The molecule has 1 aromatic carbocycles. The van der Waals surface area contributed by atoms with E-state index in [1.165, 1.54) is 18.8 Å². The smallest absolute Gasteiger partial charge is 0.404 e. The van der Waals surface area contributed by atoms with Crippen molar-refractivity contribution in [1.82, 2.24) is 0 Å². The molecule has 52 heavy (non-hydrogen) atoms. The highest BCUT2D eigenvalue weighted by Gasteiger charge is 2.45. The van der Waals surface area contributed by atoms with Gasteiger partial charge in [0.25, 0.3) is 0 Å². The second-order valence-corrected chi connectivity index (χ2v) is 27.7. The van der Waals surface area contributed by atoms with Gasteiger partial charge in [0.2, 0.25) is 0 Å². The van der Waals surface area contributed by atoms with Gasteiger partial charge in [0.1, 0.15) is 6.10 Å². The van der Waals surface area contributed by atoms with Crippen molar-refractivity contribution in [3.63, 3.8) is 0 Å². The Labute approximate surface area is 319 Å². The standard InChI is InChI=1S/C42H75NO7Si2/c1-29(25-31(3)37(30(2)23-24-36(44)46-13)49-51(14,15)41(7,8)9)26-32(4)39(50-52(16,17)42(10,11)12)34(6)38(48-40(43)45)33(5)27-47-28-35-21-19-18-20-22-35/h18-25,30-34,37-39H,26-28H2,1-17H3,(H2,43,45)/b24-23+,29-25+/t30?,31?,32-,33-,34+,37?,38-,39+/m0/s1. The molecule has 0 aliphatic rings. The summed E-state index contributed by atoms with van der Waals surface area (Å²) >= 11 is 0. The maximum atomic E-state index is 12.3. The molecule has 8 nitrogen and oxygen atoms in total. The molecule has 0 fully saturated rings. The molecule has 1 amide bonds. The summed E-state index contributed by atoms with van der Waals surface area (Å²) in [5.41, 5.74) is 8.00. The van der Waals surface area contributed by atoms with Crippen LogP contribution in [0.25, 0.3) is 0 Å². The Hall–Kier alpha value is -2.25. The lowest BCUT2D eigenvalue weighted by atomic mass is 9.81. The van der Waals surface area contributed by atoms with Gasteiger partial charge in [0.15, 0.2) is 16.6 Å². The van der Waals surface area contributed by atoms with Crippen molar-refractivity contribution in [3.05, 3.63) is 59.7 Å². The molecule has 0 heterocycles. The Morgan fingerprint density at radius 1 is 0.788 bits per heavy atom. The maximum Gasteiger partial charge on any atom is 0.404 e. The van der Waals surface area contributed by atoms with Crippen LogP contribution in [0.3, 0.4) is 0 Å². The first-order valence-electron chi connectivity index (χ1n) is 19.1. The summed E-state index contributed by atoms with van der Waals surface area (Å²) in [6.45, 7) is 36.3. The quantitative estimate of drug-likeness (QED) is 0.0610. The molecular weight excluding hydrogens is 687 g/mol. The Morgan fingerprint density at radius 3 is 1.79 bits per heavy atom. The molecule has 0 saturated heterocycles. The van der Waals surface area contributed by atoms with Gasteiger partial charge in [-0.05, 0) is 67.0 Å². The number of ether oxygens (including phenoxy) is 3. The minimum atomic E-state index is -2.25. The van der Waals surface area contributed by atoms with E-state index in [0.717, 1.165) is 12.0 Å². The maximum absolute atomic E-state index is 12.3. The van der Waals surface area contributed by atoms with E-state index in [9.17, 15) is 9.59 Å². The third kappa shape index (κ3) is 15.2. The highest BCUT2D eigenvalue weighted by Crippen LogP contribution is 2.42. The molecule has 0 saturated carbocycles. The average molecular weight is 762 g/mol. The van der Waals surface area contributed by atoms with Crippen LogP contribution in [0.15, 0.2) is 54.1 Å². The van der Waals surface area contributed by atoms with Gasteiger partial charge in [-0.1, -0.05) is 124 Å². The summed E-state index contributed by atoms with van der Waals surface area (Å²) in [6, 6.07) is 10.0. The van der Waals surface area contributed by atoms with Crippen molar-refractivity contribution in [2.24, 2.45) is 35.3 Å². The predicted octanol–water partition coefficient (Wildman–Crippen LogP) is 10.7. The van der Waals surface area contributed by atoms with E-state index in [1.54, 1.807) is 0 Å². The molecule has 3 unspecified atom stereocenters. The number of hydrogen-bond donors (Lipinski definition) is 1. The Morgan fingerprint density at radius 2 is 1.31 bits per heavy atom. The fraction of sp³-hybridized carbons (Fsp3) is 0.714. The number of benzene rings is 1.